The molecule has 25 heavy (non-hydrogen) atoms. The van der Waals surface area contributed by atoms with Gasteiger partial charge in [-0.05, 0) is 50.3 Å². The topological polar surface area (TPSA) is 115 Å². The first-order valence-electron chi connectivity index (χ1n) is 6.97. The first-order valence-corrected chi connectivity index (χ1v) is 9.23. The number of nitrogens with one attached hydrogen (secondary N) is 4. The summed E-state index contributed by atoms with van der Waals surface area (Å²) in [5, 5.41) is 6.10. The van der Waals surface area contributed by atoms with Crippen LogP contribution in [0.2, 0.25) is 0 Å². The first kappa shape index (κ1) is 21.0. The Kier molecular flexibility index (Phi) is 7.90. The summed E-state index contributed by atoms with van der Waals surface area (Å²) in [5.41, 5.74) is 7.69. The van der Waals surface area contributed by atoms with E-state index in [2.05, 4.69) is 26.5 Å². The van der Waals surface area contributed by atoms with E-state index in [0.29, 0.717) is 21.5 Å². The van der Waals surface area contributed by atoms with Gasteiger partial charge in [-0.2, -0.15) is 8.42 Å². The molecule has 8 nitrogen and oxygen atoms in total. The van der Waals surface area contributed by atoms with E-state index >= 15 is 0 Å². The molecule has 0 amide bonds. The monoisotopic (exact) mass is 401 g/mol. The molecule has 0 bridgehead atoms. The van der Waals surface area contributed by atoms with Crippen molar-refractivity contribution >= 4 is 56.6 Å². The predicted molar refractivity (Wildman–Crippen MR) is 107 cm³/mol. The van der Waals surface area contributed by atoms with Crippen molar-refractivity contribution < 1.29 is 13.0 Å². The number of hydrogen-bond acceptors (Lipinski definition) is 6. The third-order valence-corrected chi connectivity index (χ3v) is 4.31. The van der Waals surface area contributed by atoms with Gasteiger partial charge in [-0.1, -0.05) is 12.2 Å². The molecule has 11 heteroatoms. The summed E-state index contributed by atoms with van der Waals surface area (Å²) in [5.74, 6) is 0. The van der Waals surface area contributed by atoms with Gasteiger partial charge < -0.3 is 16.1 Å². The molecule has 0 radical (unpaired) electrons. The molecule has 1 aromatic rings. The van der Waals surface area contributed by atoms with Gasteiger partial charge in [0.1, 0.15) is 4.99 Å². The fourth-order valence-electron chi connectivity index (χ4n) is 1.44. The second kappa shape index (κ2) is 9.42. The SMILES string of the molecule is CNC(=S)NNC(C)=C(C)N=CC(=S)Nc1ccc(S(=O)(=O)O)cc1. The van der Waals surface area contributed by atoms with E-state index in [9.17, 15) is 8.42 Å². The highest BCUT2D eigenvalue weighted by Gasteiger charge is 2.08. The van der Waals surface area contributed by atoms with E-state index in [0.717, 1.165) is 5.70 Å². The van der Waals surface area contributed by atoms with Crippen LogP contribution in [0.1, 0.15) is 13.8 Å². The number of hydrazine groups is 1. The van der Waals surface area contributed by atoms with Crippen LogP contribution in [0.5, 0.6) is 0 Å². The third kappa shape index (κ3) is 7.56. The molecule has 1 rings (SSSR count). The van der Waals surface area contributed by atoms with Crippen LogP contribution in [0.15, 0.2) is 45.5 Å². The second-order valence-electron chi connectivity index (χ2n) is 4.79. The quantitative estimate of drug-likeness (QED) is 0.210. The molecule has 0 atom stereocenters. The molecule has 0 saturated carbocycles. The van der Waals surface area contributed by atoms with Crippen LogP contribution in [0.25, 0.3) is 0 Å². The fourth-order valence-corrected chi connectivity index (χ4v) is 2.14. The number of benzene rings is 1. The number of nitrogens with zero attached hydrogens (tertiary/aromatic N) is 1. The van der Waals surface area contributed by atoms with Crippen molar-refractivity contribution in [2.24, 2.45) is 4.99 Å². The summed E-state index contributed by atoms with van der Waals surface area (Å²) < 4.78 is 30.9. The molecule has 0 saturated heterocycles. The van der Waals surface area contributed by atoms with E-state index in [-0.39, 0.29) is 4.90 Å². The van der Waals surface area contributed by atoms with Gasteiger partial charge in [0.2, 0.25) is 0 Å². The van der Waals surface area contributed by atoms with Crippen molar-refractivity contribution in [3.63, 3.8) is 0 Å². The van der Waals surface area contributed by atoms with E-state index in [1.165, 1.54) is 30.5 Å². The van der Waals surface area contributed by atoms with Gasteiger partial charge in [0.15, 0.2) is 5.11 Å². The van der Waals surface area contributed by atoms with Crippen LogP contribution in [0.3, 0.4) is 0 Å². The average Bonchev–Trinajstić information content (AvgIpc) is 2.56. The van der Waals surface area contributed by atoms with Crippen molar-refractivity contribution in [2.75, 3.05) is 12.4 Å². The zero-order valence-electron chi connectivity index (χ0n) is 13.8. The average molecular weight is 402 g/mol. The first-order chi connectivity index (χ1) is 11.6. The maximum absolute atomic E-state index is 11.0. The lowest BCUT2D eigenvalue weighted by Crippen LogP contribution is -2.41. The van der Waals surface area contributed by atoms with Gasteiger partial charge in [-0.3, -0.25) is 15.0 Å². The van der Waals surface area contributed by atoms with Gasteiger partial charge >= 0.3 is 0 Å². The summed E-state index contributed by atoms with van der Waals surface area (Å²) in [6, 6.07) is 5.52. The Morgan fingerprint density at radius 2 is 1.76 bits per heavy atom. The maximum atomic E-state index is 11.0. The van der Waals surface area contributed by atoms with E-state index in [4.69, 9.17) is 29.0 Å². The summed E-state index contributed by atoms with van der Waals surface area (Å²) in [6.45, 7) is 3.62. The molecule has 0 aliphatic rings. The fraction of sp³-hybridized carbons (Fsp3) is 0.214. The van der Waals surface area contributed by atoms with E-state index in [1.807, 2.05) is 6.92 Å². The van der Waals surface area contributed by atoms with E-state index in [1.54, 1.807) is 14.0 Å². The summed E-state index contributed by atoms with van der Waals surface area (Å²) >= 11 is 10.1. The lowest BCUT2D eigenvalue weighted by atomic mass is 10.3. The van der Waals surface area contributed by atoms with Gasteiger partial charge in [-0.25, -0.2) is 0 Å². The maximum Gasteiger partial charge on any atom is 0.294 e. The van der Waals surface area contributed by atoms with Crippen LogP contribution in [-0.4, -0.2) is 36.3 Å². The van der Waals surface area contributed by atoms with Crippen LogP contribution in [-0.2, 0) is 10.1 Å². The second-order valence-corrected chi connectivity index (χ2v) is 7.06. The van der Waals surface area contributed by atoms with Crippen molar-refractivity contribution in [1.29, 1.82) is 0 Å². The molecule has 5 N–H and O–H groups in total. The zero-order chi connectivity index (χ0) is 19.0. The predicted octanol–water partition coefficient (Wildman–Crippen LogP) is 1.59. The van der Waals surface area contributed by atoms with Crippen molar-refractivity contribution in [3.8, 4) is 0 Å². The van der Waals surface area contributed by atoms with Gasteiger partial charge in [-0.15, -0.1) is 0 Å². The highest BCUT2D eigenvalue weighted by molar-refractivity contribution is 7.85. The molecule has 0 aliphatic heterocycles. The number of hydrogen-bond donors (Lipinski definition) is 5. The van der Waals surface area contributed by atoms with Crippen LogP contribution >= 0.6 is 24.4 Å². The van der Waals surface area contributed by atoms with Crippen LogP contribution in [0.4, 0.5) is 5.69 Å². The Morgan fingerprint density at radius 1 is 1.16 bits per heavy atom. The van der Waals surface area contributed by atoms with E-state index < -0.39 is 10.1 Å². The third-order valence-electron chi connectivity index (χ3n) is 2.93. The number of aliphatic imine (C=N–C) groups is 1. The van der Waals surface area contributed by atoms with Gasteiger partial charge in [0, 0.05) is 18.4 Å². The molecular formula is C14H19N5O3S3. The summed E-state index contributed by atoms with van der Waals surface area (Å²) in [7, 11) is -2.51. The number of allylic oxidation sites excluding steroid dienone is 2. The van der Waals surface area contributed by atoms with Crippen LogP contribution in [0, 0.1) is 0 Å². The molecule has 0 aliphatic carbocycles. The highest BCUT2D eigenvalue weighted by Crippen LogP contribution is 2.13. The normalized spacial score (nSPS) is 12.3. The Morgan fingerprint density at radius 3 is 2.28 bits per heavy atom. The van der Waals surface area contributed by atoms with Crippen LogP contribution < -0.4 is 21.5 Å². The zero-order valence-corrected chi connectivity index (χ0v) is 16.3. The lowest BCUT2D eigenvalue weighted by Gasteiger charge is -2.11. The molecule has 1 aromatic carbocycles. The number of anilines is 1. The Labute approximate surface area is 157 Å². The number of rotatable bonds is 6. The summed E-state index contributed by atoms with van der Waals surface area (Å²) in [6.07, 6.45) is 1.46. The molecule has 136 valence electrons. The molecule has 0 unspecified atom stereocenters. The van der Waals surface area contributed by atoms with Crippen molar-refractivity contribution in [1.82, 2.24) is 16.2 Å². The minimum atomic E-state index is -4.21. The van der Waals surface area contributed by atoms with Crippen molar-refractivity contribution in [3.05, 3.63) is 35.7 Å². The number of thiocarbonyl (C=S) groups is 2. The lowest BCUT2D eigenvalue weighted by molar-refractivity contribution is 0.483. The minimum Gasteiger partial charge on any atom is -0.364 e. The molecular weight excluding hydrogens is 382 g/mol. The smallest absolute Gasteiger partial charge is 0.294 e. The Balaban J connectivity index is 2.66. The molecule has 0 heterocycles. The standard InChI is InChI=1S/C14H19N5O3S3/c1-9(10(2)18-19-14(24)15-3)16-8-13(23)17-11-4-6-12(7-5-11)25(20,21)22/h4-8,18H,1-3H3,(H,17,23)(H2,15,19,24)(H,20,21,22). The molecule has 0 fully saturated rings. The Bertz CT molecular complexity index is 802. The summed E-state index contributed by atoms with van der Waals surface area (Å²) in [4.78, 5) is 4.38. The van der Waals surface area contributed by atoms with Crippen molar-refractivity contribution in [2.45, 2.75) is 18.7 Å². The Hall–Kier alpha value is -2.08. The highest BCUT2D eigenvalue weighted by atomic mass is 32.2. The van der Waals surface area contributed by atoms with Gasteiger partial charge in [0.05, 0.1) is 16.8 Å². The molecule has 0 spiro atoms. The largest absolute Gasteiger partial charge is 0.364 e. The van der Waals surface area contributed by atoms with Gasteiger partial charge in [0.25, 0.3) is 10.1 Å². The molecule has 0 aromatic heterocycles. The minimum absolute atomic E-state index is 0.190.